The molecule has 4 rings (SSSR count). The Labute approximate surface area is 245 Å². The van der Waals surface area contributed by atoms with Crippen molar-refractivity contribution in [3.63, 3.8) is 0 Å². The Morgan fingerprint density at radius 1 is 0.976 bits per heavy atom. The topological polar surface area (TPSA) is 122 Å². The van der Waals surface area contributed by atoms with E-state index in [2.05, 4.69) is 26.6 Å². The SMILES string of the molecule is CCNC(=O)c1ccccc1F.O=CNc1cc(F)ccc1N1CCN(C(=O)CBr)CC1.OC(O)c1ccccc1. The van der Waals surface area contributed by atoms with E-state index >= 15 is 0 Å². The molecular formula is C29H33BrF2N4O5. The number of nitrogens with zero attached hydrogens (tertiary/aromatic N) is 2. The molecule has 4 N–H and O–H groups in total. The lowest BCUT2D eigenvalue weighted by atomic mass is 10.2. The molecule has 1 saturated heterocycles. The minimum absolute atomic E-state index is 0.0648. The third kappa shape index (κ3) is 10.9. The van der Waals surface area contributed by atoms with Gasteiger partial charge in [0, 0.05) is 38.3 Å². The molecule has 9 nitrogen and oxygen atoms in total. The Morgan fingerprint density at radius 3 is 2.15 bits per heavy atom. The average Bonchev–Trinajstić information content (AvgIpc) is 2.98. The van der Waals surface area contributed by atoms with Crippen LogP contribution in [0.25, 0.3) is 0 Å². The summed E-state index contributed by atoms with van der Waals surface area (Å²) in [4.78, 5) is 37.1. The summed E-state index contributed by atoms with van der Waals surface area (Å²) in [6, 6.07) is 18.9. The molecule has 0 radical (unpaired) electrons. The lowest BCUT2D eigenvalue weighted by molar-refractivity contribution is -0.128. The second-order valence-electron chi connectivity index (χ2n) is 8.55. The van der Waals surface area contributed by atoms with Crippen molar-refractivity contribution in [2.75, 3.05) is 48.3 Å². The standard InChI is InChI=1S/C13H15BrFN3O2.C9H10FNO.C7H8O2/c14-8-13(20)18-5-3-17(4-6-18)12-2-1-10(15)7-11(12)16-9-19;1-2-11-9(12)7-5-3-4-6-8(7)10;8-7(9)6-4-2-1-3-5-6/h1-2,7,9H,3-6,8H2,(H,16,19);3-6H,2H2,1H3,(H,11,12);1-5,7-9H. The molecule has 0 spiro atoms. The number of carbonyl (C=O) groups is 3. The predicted octanol–water partition coefficient (Wildman–Crippen LogP) is 3.68. The van der Waals surface area contributed by atoms with Crippen LogP contribution in [0, 0.1) is 11.6 Å². The molecule has 0 bridgehead atoms. The van der Waals surface area contributed by atoms with Gasteiger partial charge in [-0.2, -0.15) is 0 Å². The van der Waals surface area contributed by atoms with Crippen LogP contribution in [0.2, 0.25) is 0 Å². The van der Waals surface area contributed by atoms with Gasteiger partial charge in [0.15, 0.2) is 6.29 Å². The van der Waals surface area contributed by atoms with Crippen LogP contribution >= 0.6 is 15.9 Å². The number of nitrogens with one attached hydrogen (secondary N) is 2. The van der Waals surface area contributed by atoms with Crippen LogP contribution < -0.4 is 15.5 Å². The predicted molar refractivity (Wildman–Crippen MR) is 157 cm³/mol. The molecule has 1 heterocycles. The van der Waals surface area contributed by atoms with Gasteiger partial charge in [0.05, 0.1) is 22.3 Å². The van der Waals surface area contributed by atoms with Gasteiger partial charge in [-0.15, -0.1) is 0 Å². The number of alkyl halides is 1. The summed E-state index contributed by atoms with van der Waals surface area (Å²) in [5, 5.41) is 22.5. The number of amides is 3. The van der Waals surface area contributed by atoms with Crippen LogP contribution in [0.4, 0.5) is 20.2 Å². The van der Waals surface area contributed by atoms with E-state index in [0.29, 0.717) is 55.7 Å². The van der Waals surface area contributed by atoms with Crippen LogP contribution in [-0.4, -0.2) is 71.4 Å². The summed E-state index contributed by atoms with van der Waals surface area (Å²) in [6.45, 7) is 4.83. The van der Waals surface area contributed by atoms with E-state index in [1.165, 1.54) is 24.3 Å². The smallest absolute Gasteiger partial charge is 0.254 e. The van der Waals surface area contributed by atoms with Gasteiger partial charge < -0.3 is 30.6 Å². The Morgan fingerprint density at radius 2 is 1.61 bits per heavy atom. The second kappa shape index (κ2) is 17.7. The lowest BCUT2D eigenvalue weighted by Gasteiger charge is -2.36. The molecule has 1 fully saturated rings. The molecule has 1 aliphatic heterocycles. The first-order valence-electron chi connectivity index (χ1n) is 12.7. The van der Waals surface area contributed by atoms with Crippen molar-refractivity contribution in [3.05, 3.63) is 95.6 Å². The molecule has 3 aromatic carbocycles. The van der Waals surface area contributed by atoms with Crippen molar-refractivity contribution >= 4 is 45.5 Å². The summed E-state index contributed by atoms with van der Waals surface area (Å²) >= 11 is 3.16. The Kier molecular flexibility index (Phi) is 14.4. The molecule has 1 aliphatic rings. The molecule has 3 aromatic rings. The number of carbonyl (C=O) groups excluding carboxylic acids is 3. The molecular weight excluding hydrogens is 602 g/mol. The lowest BCUT2D eigenvalue weighted by Crippen LogP contribution is -2.49. The second-order valence-corrected chi connectivity index (χ2v) is 9.11. The zero-order valence-electron chi connectivity index (χ0n) is 22.5. The first-order chi connectivity index (χ1) is 19.7. The highest BCUT2D eigenvalue weighted by atomic mass is 79.9. The molecule has 12 heteroatoms. The minimum Gasteiger partial charge on any atom is -0.366 e. The molecule has 0 unspecified atom stereocenters. The maximum Gasteiger partial charge on any atom is 0.254 e. The number of hydrogen-bond donors (Lipinski definition) is 4. The van der Waals surface area contributed by atoms with E-state index in [9.17, 15) is 23.2 Å². The summed E-state index contributed by atoms with van der Waals surface area (Å²) in [5.74, 6) is -1.18. The molecule has 0 aromatic heterocycles. The van der Waals surface area contributed by atoms with Gasteiger partial charge in [-0.3, -0.25) is 14.4 Å². The molecule has 0 aliphatic carbocycles. The molecule has 0 atom stereocenters. The van der Waals surface area contributed by atoms with Crippen molar-refractivity contribution in [2.45, 2.75) is 13.2 Å². The van der Waals surface area contributed by atoms with Crippen molar-refractivity contribution in [3.8, 4) is 0 Å². The number of piperazine rings is 1. The number of aliphatic hydroxyl groups excluding tert-OH is 1. The monoisotopic (exact) mass is 634 g/mol. The van der Waals surface area contributed by atoms with Crippen LogP contribution in [0.1, 0.15) is 29.1 Å². The summed E-state index contributed by atoms with van der Waals surface area (Å²) in [6.07, 6.45) is -0.811. The number of rotatable bonds is 7. The minimum atomic E-state index is -1.34. The van der Waals surface area contributed by atoms with Crippen molar-refractivity contribution in [2.24, 2.45) is 0 Å². The van der Waals surface area contributed by atoms with E-state index in [0.717, 1.165) is 5.69 Å². The molecule has 3 amide bonds. The normalized spacial score (nSPS) is 12.4. The maximum atomic E-state index is 13.2. The van der Waals surface area contributed by atoms with Crippen molar-refractivity contribution < 1.29 is 33.4 Å². The first kappa shape index (κ1) is 33.3. The summed E-state index contributed by atoms with van der Waals surface area (Å²) in [7, 11) is 0. The molecule has 41 heavy (non-hydrogen) atoms. The van der Waals surface area contributed by atoms with Crippen molar-refractivity contribution in [1.29, 1.82) is 0 Å². The van der Waals surface area contributed by atoms with Gasteiger partial charge in [0.25, 0.3) is 5.91 Å². The van der Waals surface area contributed by atoms with Gasteiger partial charge in [-0.25, -0.2) is 8.78 Å². The fraction of sp³-hybridized carbons (Fsp3) is 0.276. The zero-order chi connectivity index (χ0) is 30.2. The van der Waals surface area contributed by atoms with Gasteiger partial charge in [0.2, 0.25) is 12.3 Å². The summed E-state index contributed by atoms with van der Waals surface area (Å²) < 4.78 is 26.1. The van der Waals surface area contributed by atoms with E-state index in [1.807, 2.05) is 11.0 Å². The Bertz CT molecular complexity index is 1260. The number of anilines is 2. The Balaban J connectivity index is 0.000000237. The van der Waals surface area contributed by atoms with E-state index in [-0.39, 0.29) is 17.4 Å². The van der Waals surface area contributed by atoms with Gasteiger partial charge >= 0.3 is 0 Å². The van der Waals surface area contributed by atoms with Crippen molar-refractivity contribution in [1.82, 2.24) is 10.2 Å². The van der Waals surface area contributed by atoms with Crippen LogP contribution in [0.15, 0.2) is 72.8 Å². The highest BCUT2D eigenvalue weighted by molar-refractivity contribution is 9.09. The van der Waals surface area contributed by atoms with Crippen LogP contribution in [-0.2, 0) is 9.59 Å². The van der Waals surface area contributed by atoms with E-state index in [1.54, 1.807) is 54.3 Å². The fourth-order valence-corrected chi connectivity index (χ4v) is 4.13. The highest BCUT2D eigenvalue weighted by Crippen LogP contribution is 2.27. The zero-order valence-corrected chi connectivity index (χ0v) is 24.1. The average molecular weight is 636 g/mol. The number of benzene rings is 3. The first-order valence-corrected chi connectivity index (χ1v) is 13.9. The largest absolute Gasteiger partial charge is 0.366 e. The maximum absolute atomic E-state index is 13.2. The number of halogens is 3. The van der Waals surface area contributed by atoms with Gasteiger partial charge in [-0.05, 0) is 37.3 Å². The van der Waals surface area contributed by atoms with Gasteiger partial charge in [0.1, 0.15) is 11.6 Å². The quantitative estimate of drug-likeness (QED) is 0.179. The highest BCUT2D eigenvalue weighted by Gasteiger charge is 2.22. The van der Waals surface area contributed by atoms with E-state index in [4.69, 9.17) is 10.2 Å². The van der Waals surface area contributed by atoms with Gasteiger partial charge in [-0.1, -0.05) is 58.4 Å². The van der Waals surface area contributed by atoms with Crippen LogP contribution in [0.3, 0.4) is 0 Å². The molecule has 0 saturated carbocycles. The summed E-state index contributed by atoms with van der Waals surface area (Å²) in [5.41, 5.74) is 1.83. The molecule has 220 valence electrons. The number of aliphatic hydroxyl groups is 2. The third-order valence-electron chi connectivity index (χ3n) is 5.81. The number of hydrogen-bond acceptors (Lipinski definition) is 6. The third-order valence-corrected chi connectivity index (χ3v) is 6.29. The fourth-order valence-electron chi connectivity index (χ4n) is 3.77. The Hall–Kier alpha value is -3.87. The van der Waals surface area contributed by atoms with E-state index < -0.39 is 17.9 Å². The van der Waals surface area contributed by atoms with Crippen LogP contribution in [0.5, 0.6) is 0 Å².